The van der Waals surface area contributed by atoms with Gasteiger partial charge in [0.25, 0.3) is 5.91 Å². The molecule has 9 heteroatoms. The van der Waals surface area contributed by atoms with Gasteiger partial charge in [0.2, 0.25) is 10.0 Å². The molecule has 1 aromatic carbocycles. The number of rotatable bonds is 5. The molecule has 0 saturated heterocycles. The Hall–Kier alpha value is -2.94. The molecule has 1 aliphatic carbocycles. The van der Waals surface area contributed by atoms with Gasteiger partial charge < -0.3 is 4.90 Å². The van der Waals surface area contributed by atoms with Crippen molar-refractivity contribution in [1.82, 2.24) is 19.5 Å². The molecule has 1 aliphatic heterocycles. The summed E-state index contributed by atoms with van der Waals surface area (Å²) in [5.74, 6) is 0.980. The Morgan fingerprint density at radius 1 is 1.23 bits per heavy atom. The minimum absolute atomic E-state index is 0.128. The van der Waals surface area contributed by atoms with Gasteiger partial charge >= 0.3 is 0 Å². The second kappa shape index (κ2) is 6.53. The summed E-state index contributed by atoms with van der Waals surface area (Å²) in [6.07, 6.45) is 5.04. The first-order chi connectivity index (χ1) is 14.2. The molecule has 0 radical (unpaired) electrons. The molecule has 1 fully saturated rings. The Balaban J connectivity index is 1.49. The van der Waals surface area contributed by atoms with E-state index >= 15 is 0 Å². The summed E-state index contributed by atoms with van der Waals surface area (Å²) in [6.45, 7) is 4.75. The highest BCUT2D eigenvalue weighted by atomic mass is 32.2. The minimum atomic E-state index is -3.41. The molecular formula is C21H23N5O3S. The van der Waals surface area contributed by atoms with Crippen LogP contribution in [0.3, 0.4) is 0 Å². The standard InChI is InChI=1S/C21H23N5O3S/c1-12-8-15(9-16-10-25(21(27)20(12)16)13(2)14-4-5-14)17-6-7-19-22-18(11-26(19)23-17)24-30(3,28)29/h6-9,11,13-14,24H,4-5,10H2,1-3H3/t13-/m0/s1. The van der Waals surface area contributed by atoms with E-state index in [0.29, 0.717) is 18.1 Å². The van der Waals surface area contributed by atoms with Gasteiger partial charge in [0, 0.05) is 23.7 Å². The fourth-order valence-electron chi connectivity index (χ4n) is 4.27. The lowest BCUT2D eigenvalue weighted by molar-refractivity contribution is 0.0697. The maximum Gasteiger partial charge on any atom is 0.255 e. The van der Waals surface area contributed by atoms with Crippen molar-refractivity contribution in [3.8, 4) is 11.3 Å². The minimum Gasteiger partial charge on any atom is -0.331 e. The molecule has 30 heavy (non-hydrogen) atoms. The summed E-state index contributed by atoms with van der Waals surface area (Å²) >= 11 is 0. The SMILES string of the molecule is Cc1cc(-c2ccc3nc(NS(C)(=O)=O)cn3n2)cc2c1C(=O)N([C@@H](C)C1CC1)C2. The summed E-state index contributed by atoms with van der Waals surface area (Å²) in [5, 5.41) is 4.59. The Labute approximate surface area is 175 Å². The number of amides is 1. The summed E-state index contributed by atoms with van der Waals surface area (Å²) in [7, 11) is -3.41. The molecule has 2 aromatic heterocycles. The zero-order chi connectivity index (χ0) is 21.2. The lowest BCUT2D eigenvalue weighted by atomic mass is 9.99. The maximum absolute atomic E-state index is 13.0. The fourth-order valence-corrected chi connectivity index (χ4v) is 4.75. The Kier molecular flexibility index (Phi) is 4.15. The first kappa shape index (κ1) is 19.0. The number of hydrogen-bond donors (Lipinski definition) is 1. The molecule has 3 heterocycles. The molecule has 1 saturated carbocycles. The van der Waals surface area contributed by atoms with Crippen LogP contribution in [0.15, 0.2) is 30.5 Å². The lowest BCUT2D eigenvalue weighted by Gasteiger charge is -2.24. The van der Waals surface area contributed by atoms with Crippen LogP contribution < -0.4 is 4.72 Å². The molecule has 0 unspecified atom stereocenters. The molecule has 8 nitrogen and oxygen atoms in total. The lowest BCUT2D eigenvalue weighted by Crippen LogP contribution is -2.34. The van der Waals surface area contributed by atoms with Crippen LogP contribution in [0.1, 0.15) is 41.3 Å². The van der Waals surface area contributed by atoms with Gasteiger partial charge in [-0.2, -0.15) is 5.10 Å². The second-order valence-electron chi connectivity index (χ2n) is 8.36. The van der Waals surface area contributed by atoms with E-state index in [4.69, 9.17) is 0 Å². The van der Waals surface area contributed by atoms with E-state index in [9.17, 15) is 13.2 Å². The number of hydrogen-bond acceptors (Lipinski definition) is 5. The number of carbonyl (C=O) groups excluding carboxylic acids is 1. The van der Waals surface area contributed by atoms with Gasteiger partial charge in [-0.1, -0.05) is 0 Å². The molecule has 1 N–H and O–H groups in total. The predicted molar refractivity (Wildman–Crippen MR) is 114 cm³/mol. The average molecular weight is 426 g/mol. The van der Waals surface area contributed by atoms with Crippen LogP contribution in [0.2, 0.25) is 0 Å². The van der Waals surface area contributed by atoms with Gasteiger partial charge in [0.05, 0.1) is 18.1 Å². The van der Waals surface area contributed by atoms with E-state index in [1.54, 1.807) is 16.8 Å². The number of aromatic nitrogens is 3. The van der Waals surface area contributed by atoms with E-state index < -0.39 is 10.0 Å². The first-order valence-electron chi connectivity index (χ1n) is 9.99. The number of benzene rings is 1. The van der Waals surface area contributed by atoms with Gasteiger partial charge in [-0.25, -0.2) is 17.9 Å². The van der Waals surface area contributed by atoms with Crippen molar-refractivity contribution < 1.29 is 13.2 Å². The van der Waals surface area contributed by atoms with E-state index in [-0.39, 0.29) is 17.8 Å². The van der Waals surface area contributed by atoms with Crippen molar-refractivity contribution in [2.75, 3.05) is 11.0 Å². The van der Waals surface area contributed by atoms with E-state index in [0.717, 1.165) is 34.2 Å². The number of anilines is 1. The van der Waals surface area contributed by atoms with E-state index in [1.165, 1.54) is 12.8 Å². The predicted octanol–water partition coefficient (Wildman–Crippen LogP) is 2.83. The van der Waals surface area contributed by atoms with Crippen LogP contribution in [-0.2, 0) is 16.6 Å². The monoisotopic (exact) mass is 425 g/mol. The number of imidazole rings is 1. The normalized spacial score (nSPS) is 17.4. The third-order valence-corrected chi connectivity index (χ3v) is 6.51. The van der Waals surface area contributed by atoms with Crippen LogP contribution >= 0.6 is 0 Å². The average Bonchev–Trinajstić information content (AvgIpc) is 3.35. The third kappa shape index (κ3) is 3.32. The molecule has 5 rings (SSSR count). The fraction of sp³-hybridized carbons (Fsp3) is 0.381. The summed E-state index contributed by atoms with van der Waals surface area (Å²) in [4.78, 5) is 19.2. The Morgan fingerprint density at radius 2 is 2.00 bits per heavy atom. The van der Waals surface area contributed by atoms with Crippen molar-refractivity contribution in [2.45, 2.75) is 39.3 Å². The van der Waals surface area contributed by atoms with Gasteiger partial charge in [-0.3, -0.25) is 9.52 Å². The van der Waals surface area contributed by atoms with E-state index in [2.05, 4.69) is 21.7 Å². The number of fused-ring (bicyclic) bond motifs is 2. The third-order valence-electron chi connectivity index (χ3n) is 5.93. The maximum atomic E-state index is 13.0. The summed E-state index contributed by atoms with van der Waals surface area (Å²) < 4.78 is 26.8. The molecule has 2 aliphatic rings. The van der Waals surface area contributed by atoms with Crippen molar-refractivity contribution in [1.29, 1.82) is 0 Å². The first-order valence-corrected chi connectivity index (χ1v) is 11.9. The largest absolute Gasteiger partial charge is 0.331 e. The topological polar surface area (TPSA) is 96.7 Å². The zero-order valence-corrected chi connectivity index (χ0v) is 17.9. The summed E-state index contributed by atoms with van der Waals surface area (Å²) in [6, 6.07) is 7.96. The smallest absolute Gasteiger partial charge is 0.255 e. The molecule has 0 bridgehead atoms. The highest BCUT2D eigenvalue weighted by molar-refractivity contribution is 7.92. The second-order valence-corrected chi connectivity index (χ2v) is 10.1. The Morgan fingerprint density at radius 3 is 2.70 bits per heavy atom. The number of nitrogens with one attached hydrogen (secondary N) is 1. The quantitative estimate of drug-likeness (QED) is 0.678. The number of sulfonamides is 1. The molecule has 156 valence electrons. The number of aryl methyl sites for hydroxylation is 1. The number of carbonyl (C=O) groups is 1. The van der Waals surface area contributed by atoms with Gasteiger partial charge in [0.1, 0.15) is 0 Å². The molecular weight excluding hydrogens is 402 g/mol. The van der Waals surface area contributed by atoms with Crippen LogP contribution in [-0.4, -0.2) is 46.1 Å². The van der Waals surface area contributed by atoms with Crippen molar-refractivity contribution in [3.05, 3.63) is 47.2 Å². The molecule has 1 amide bonds. The summed E-state index contributed by atoms with van der Waals surface area (Å²) in [5.41, 5.74) is 5.00. The number of nitrogens with zero attached hydrogens (tertiary/aromatic N) is 4. The highest BCUT2D eigenvalue weighted by Gasteiger charge is 2.39. The van der Waals surface area contributed by atoms with Gasteiger partial charge in [-0.05, 0) is 68.0 Å². The van der Waals surface area contributed by atoms with Crippen LogP contribution in [0.5, 0.6) is 0 Å². The highest BCUT2D eigenvalue weighted by Crippen LogP contribution is 2.39. The van der Waals surface area contributed by atoms with Crippen LogP contribution in [0.25, 0.3) is 16.9 Å². The van der Waals surface area contributed by atoms with Gasteiger partial charge in [0.15, 0.2) is 11.5 Å². The molecule has 1 atom stereocenters. The molecule has 0 spiro atoms. The van der Waals surface area contributed by atoms with Gasteiger partial charge in [-0.15, -0.1) is 0 Å². The Bertz CT molecular complexity index is 1290. The zero-order valence-electron chi connectivity index (χ0n) is 17.1. The van der Waals surface area contributed by atoms with Crippen LogP contribution in [0, 0.1) is 12.8 Å². The van der Waals surface area contributed by atoms with E-state index in [1.807, 2.05) is 30.0 Å². The van der Waals surface area contributed by atoms with Crippen molar-refractivity contribution in [2.24, 2.45) is 5.92 Å². The molecule has 3 aromatic rings. The van der Waals surface area contributed by atoms with Crippen molar-refractivity contribution in [3.63, 3.8) is 0 Å². The van der Waals surface area contributed by atoms with Crippen molar-refractivity contribution >= 4 is 27.4 Å². The van der Waals surface area contributed by atoms with Crippen LogP contribution in [0.4, 0.5) is 5.82 Å².